The molecule has 3 rings (SSSR count). The second-order valence-electron chi connectivity index (χ2n) is 8.20. The van der Waals surface area contributed by atoms with Gasteiger partial charge in [0.2, 0.25) is 0 Å². The van der Waals surface area contributed by atoms with Gasteiger partial charge in [-0.2, -0.15) is 0 Å². The van der Waals surface area contributed by atoms with Crippen LogP contribution >= 0.6 is 0 Å². The number of rotatable bonds is 6. The molecule has 0 fully saturated rings. The van der Waals surface area contributed by atoms with E-state index in [1.165, 1.54) is 26.0 Å². The lowest BCUT2D eigenvalue weighted by molar-refractivity contribution is -0.136. The molecule has 168 valence electrons. The molecule has 5 N–H and O–H groups in total. The van der Waals surface area contributed by atoms with E-state index in [-0.39, 0.29) is 23.9 Å². The molecule has 0 aliphatic heterocycles. The largest absolute Gasteiger partial charge is 0.507 e. The lowest BCUT2D eigenvalue weighted by atomic mass is 10.1. The molecule has 0 aliphatic rings. The van der Waals surface area contributed by atoms with E-state index in [2.05, 4.69) is 10.3 Å². The molecule has 3 aromatic rings. The SMILES string of the molecule is Cc1ccc(N(C)c2ccc(O)c(-c3ccc(CNC(=O)C(C)(C)O)c(N)n3)c2)c(F)c1. The highest BCUT2D eigenvalue weighted by Gasteiger charge is 2.23. The molecule has 8 heteroatoms. The summed E-state index contributed by atoms with van der Waals surface area (Å²) in [6.45, 7) is 4.70. The first kappa shape index (κ1) is 23.0. The third-order valence-electron chi connectivity index (χ3n) is 5.12. The fourth-order valence-corrected chi connectivity index (χ4v) is 3.16. The number of nitrogen functional groups attached to an aromatic ring is 1. The first-order valence-corrected chi connectivity index (χ1v) is 10.1. The Morgan fingerprint density at radius 2 is 1.91 bits per heavy atom. The van der Waals surface area contributed by atoms with Crippen LogP contribution in [0.3, 0.4) is 0 Å². The Kier molecular flexibility index (Phi) is 6.36. The minimum absolute atomic E-state index is 0.00140. The van der Waals surface area contributed by atoms with Gasteiger partial charge >= 0.3 is 0 Å². The van der Waals surface area contributed by atoms with Crippen LogP contribution in [0.15, 0.2) is 48.5 Å². The quantitative estimate of drug-likeness (QED) is 0.468. The zero-order valence-electron chi connectivity index (χ0n) is 18.5. The summed E-state index contributed by atoms with van der Waals surface area (Å²) >= 11 is 0. The highest BCUT2D eigenvalue weighted by molar-refractivity contribution is 5.84. The Bertz CT molecular complexity index is 1160. The van der Waals surface area contributed by atoms with Gasteiger partial charge in [-0.15, -0.1) is 0 Å². The number of aliphatic hydroxyl groups is 1. The van der Waals surface area contributed by atoms with Crippen molar-refractivity contribution >= 4 is 23.1 Å². The number of pyridine rings is 1. The molecule has 0 aliphatic carbocycles. The average molecular weight is 439 g/mol. The summed E-state index contributed by atoms with van der Waals surface area (Å²) in [5.41, 5.74) is 7.87. The summed E-state index contributed by atoms with van der Waals surface area (Å²) in [6, 6.07) is 13.3. The molecule has 0 spiro atoms. The molecule has 0 radical (unpaired) electrons. The maximum atomic E-state index is 14.4. The third-order valence-corrected chi connectivity index (χ3v) is 5.12. The van der Waals surface area contributed by atoms with Gasteiger partial charge < -0.3 is 26.2 Å². The number of nitrogens with two attached hydrogens (primary N) is 1. The summed E-state index contributed by atoms with van der Waals surface area (Å²) < 4.78 is 14.4. The van der Waals surface area contributed by atoms with Crippen molar-refractivity contribution in [2.24, 2.45) is 0 Å². The number of hydrogen-bond acceptors (Lipinski definition) is 6. The maximum Gasteiger partial charge on any atom is 0.251 e. The van der Waals surface area contributed by atoms with Gasteiger partial charge in [0.15, 0.2) is 0 Å². The Morgan fingerprint density at radius 1 is 1.19 bits per heavy atom. The minimum Gasteiger partial charge on any atom is -0.507 e. The number of amides is 1. The number of carbonyl (C=O) groups excluding carboxylic acids is 1. The van der Waals surface area contributed by atoms with E-state index in [9.17, 15) is 19.4 Å². The second kappa shape index (κ2) is 8.84. The molecule has 1 heterocycles. The van der Waals surface area contributed by atoms with Gasteiger partial charge in [-0.05, 0) is 62.7 Å². The van der Waals surface area contributed by atoms with Crippen molar-refractivity contribution in [3.05, 3.63) is 65.5 Å². The molecular formula is C24H27FN4O3. The van der Waals surface area contributed by atoms with Crippen LogP contribution in [0.25, 0.3) is 11.3 Å². The lowest BCUT2D eigenvalue weighted by Gasteiger charge is -2.21. The fourth-order valence-electron chi connectivity index (χ4n) is 3.16. The van der Waals surface area contributed by atoms with Crippen molar-refractivity contribution in [1.82, 2.24) is 10.3 Å². The smallest absolute Gasteiger partial charge is 0.251 e. The second-order valence-corrected chi connectivity index (χ2v) is 8.20. The number of hydrogen-bond donors (Lipinski definition) is 4. The average Bonchev–Trinajstić information content (AvgIpc) is 2.72. The first-order chi connectivity index (χ1) is 15.0. The van der Waals surface area contributed by atoms with Crippen molar-refractivity contribution in [3.63, 3.8) is 0 Å². The highest BCUT2D eigenvalue weighted by atomic mass is 19.1. The number of nitrogens with one attached hydrogen (secondary N) is 1. The number of benzene rings is 2. The molecule has 0 atom stereocenters. The monoisotopic (exact) mass is 438 g/mol. The number of anilines is 3. The zero-order chi connectivity index (χ0) is 23.6. The van der Waals surface area contributed by atoms with Gasteiger partial charge in [0.05, 0.1) is 11.4 Å². The number of phenols is 1. The van der Waals surface area contributed by atoms with E-state index >= 15 is 0 Å². The van der Waals surface area contributed by atoms with Gasteiger partial charge in [0.1, 0.15) is 23.0 Å². The predicted molar refractivity (Wildman–Crippen MR) is 123 cm³/mol. The fraction of sp³-hybridized carbons (Fsp3) is 0.250. The number of aromatic hydroxyl groups is 1. The molecule has 1 aromatic heterocycles. The van der Waals surface area contributed by atoms with Gasteiger partial charge in [-0.1, -0.05) is 12.1 Å². The highest BCUT2D eigenvalue weighted by Crippen LogP contribution is 2.35. The van der Waals surface area contributed by atoms with Gasteiger partial charge in [0.25, 0.3) is 5.91 Å². The molecule has 0 bridgehead atoms. The van der Waals surface area contributed by atoms with Crippen molar-refractivity contribution in [2.75, 3.05) is 17.7 Å². The van der Waals surface area contributed by atoms with Crippen molar-refractivity contribution in [3.8, 4) is 17.0 Å². The molecule has 2 aromatic carbocycles. The summed E-state index contributed by atoms with van der Waals surface area (Å²) in [6.07, 6.45) is 0. The molecule has 0 saturated carbocycles. The van der Waals surface area contributed by atoms with Crippen molar-refractivity contribution < 1.29 is 19.4 Å². The maximum absolute atomic E-state index is 14.4. The van der Waals surface area contributed by atoms with E-state index < -0.39 is 11.5 Å². The van der Waals surface area contributed by atoms with Crippen molar-refractivity contribution in [1.29, 1.82) is 0 Å². The van der Waals surface area contributed by atoms with Crippen LogP contribution in [0.2, 0.25) is 0 Å². The molecule has 0 saturated heterocycles. The van der Waals surface area contributed by atoms with Gasteiger partial charge in [0, 0.05) is 30.4 Å². The lowest BCUT2D eigenvalue weighted by Crippen LogP contribution is -2.41. The number of nitrogens with zero attached hydrogens (tertiary/aromatic N) is 2. The standard InChI is InChI=1S/C24H27FN4O3/c1-14-5-9-20(18(25)11-14)29(4)16-7-10-21(30)17(12-16)19-8-6-15(22(26)28-19)13-27-23(31)24(2,3)32/h5-12,30,32H,13H2,1-4H3,(H2,26,28)(H,27,31). The number of phenolic OH excluding ortho intramolecular Hbond substituents is 1. The van der Waals surface area contributed by atoms with Crippen LogP contribution in [0, 0.1) is 12.7 Å². The van der Waals surface area contributed by atoms with Crippen molar-refractivity contribution in [2.45, 2.75) is 32.9 Å². The summed E-state index contributed by atoms with van der Waals surface area (Å²) in [4.78, 5) is 17.9. The summed E-state index contributed by atoms with van der Waals surface area (Å²) in [5, 5.41) is 22.7. The van der Waals surface area contributed by atoms with Gasteiger partial charge in [-0.3, -0.25) is 4.79 Å². The van der Waals surface area contributed by atoms with E-state index in [0.717, 1.165) is 5.56 Å². The number of aryl methyl sites for hydroxylation is 1. The predicted octanol–water partition coefficient (Wildman–Crippen LogP) is 3.64. The van der Waals surface area contributed by atoms with E-state index in [0.29, 0.717) is 28.2 Å². The minimum atomic E-state index is -1.50. The van der Waals surface area contributed by atoms with Crippen LogP contribution in [0.4, 0.5) is 21.6 Å². The van der Waals surface area contributed by atoms with Gasteiger partial charge in [-0.25, -0.2) is 9.37 Å². The molecule has 1 amide bonds. The number of halogens is 1. The molecule has 32 heavy (non-hydrogen) atoms. The Balaban J connectivity index is 1.88. The third kappa shape index (κ3) is 4.97. The van der Waals surface area contributed by atoms with E-state index in [1.807, 2.05) is 13.0 Å². The Hall–Kier alpha value is -3.65. The summed E-state index contributed by atoms with van der Waals surface area (Å²) in [7, 11) is 1.74. The molecule has 7 nitrogen and oxygen atoms in total. The zero-order valence-corrected chi connectivity index (χ0v) is 18.5. The Labute approximate surface area is 186 Å². The topological polar surface area (TPSA) is 112 Å². The van der Waals surface area contributed by atoms with Crippen LogP contribution in [-0.4, -0.2) is 33.8 Å². The number of carbonyl (C=O) groups is 1. The van der Waals surface area contributed by atoms with Crippen LogP contribution in [-0.2, 0) is 11.3 Å². The molecule has 0 unspecified atom stereocenters. The van der Waals surface area contributed by atoms with Crippen LogP contribution in [0.5, 0.6) is 5.75 Å². The van der Waals surface area contributed by atoms with E-state index in [4.69, 9.17) is 5.73 Å². The Morgan fingerprint density at radius 3 is 2.53 bits per heavy atom. The van der Waals surface area contributed by atoms with Crippen LogP contribution in [0.1, 0.15) is 25.0 Å². The number of aromatic nitrogens is 1. The summed E-state index contributed by atoms with van der Waals surface area (Å²) in [5.74, 6) is -0.692. The van der Waals surface area contributed by atoms with Crippen LogP contribution < -0.4 is 16.0 Å². The normalized spacial score (nSPS) is 11.3. The molecular weight excluding hydrogens is 411 g/mol. The first-order valence-electron chi connectivity index (χ1n) is 10.1. The van der Waals surface area contributed by atoms with E-state index in [1.54, 1.807) is 42.3 Å².